The molecule has 0 radical (unpaired) electrons. The monoisotopic (exact) mass is 318 g/mol. The van der Waals surface area contributed by atoms with Gasteiger partial charge in [-0.1, -0.05) is 26.0 Å². The molecule has 0 aliphatic carbocycles. The molecular formula is C15H21F3N2O2. The summed E-state index contributed by atoms with van der Waals surface area (Å²) in [4.78, 5) is 11.8. The van der Waals surface area contributed by atoms with Gasteiger partial charge in [-0.2, -0.15) is 13.2 Å². The molecule has 1 rings (SSSR count). The molecule has 0 spiro atoms. The summed E-state index contributed by atoms with van der Waals surface area (Å²) in [5.74, 6) is 0.145. The molecule has 1 unspecified atom stereocenters. The fraction of sp³-hybridized carbons (Fsp3) is 0.533. The average Bonchev–Trinajstić information content (AvgIpc) is 2.44. The Morgan fingerprint density at radius 1 is 1.32 bits per heavy atom. The van der Waals surface area contributed by atoms with Gasteiger partial charge in [0.25, 0.3) is 0 Å². The van der Waals surface area contributed by atoms with Crippen LogP contribution < -0.4 is 10.6 Å². The first-order valence-electron chi connectivity index (χ1n) is 7.05. The molecule has 1 aromatic rings. The van der Waals surface area contributed by atoms with E-state index < -0.39 is 17.8 Å². The lowest BCUT2D eigenvalue weighted by atomic mass is 10.0. The third-order valence-electron chi connectivity index (χ3n) is 3.27. The van der Waals surface area contributed by atoms with Crippen molar-refractivity contribution in [3.8, 4) is 0 Å². The Morgan fingerprint density at radius 3 is 2.55 bits per heavy atom. The molecular weight excluding hydrogens is 297 g/mol. The first-order valence-corrected chi connectivity index (χ1v) is 7.05. The molecule has 22 heavy (non-hydrogen) atoms. The number of urea groups is 1. The van der Waals surface area contributed by atoms with Crippen LogP contribution in [0.5, 0.6) is 0 Å². The Labute approximate surface area is 127 Å². The zero-order valence-corrected chi connectivity index (χ0v) is 12.6. The van der Waals surface area contributed by atoms with E-state index in [0.29, 0.717) is 12.0 Å². The zero-order valence-electron chi connectivity index (χ0n) is 12.6. The van der Waals surface area contributed by atoms with Gasteiger partial charge in [0, 0.05) is 19.2 Å². The van der Waals surface area contributed by atoms with E-state index in [9.17, 15) is 18.0 Å². The minimum Gasteiger partial charge on any atom is -0.396 e. The van der Waals surface area contributed by atoms with Crippen LogP contribution in [0.15, 0.2) is 24.3 Å². The van der Waals surface area contributed by atoms with Crippen molar-refractivity contribution in [1.29, 1.82) is 0 Å². The number of aliphatic hydroxyl groups is 1. The van der Waals surface area contributed by atoms with E-state index in [0.717, 1.165) is 12.1 Å². The quantitative estimate of drug-likeness (QED) is 0.755. The maximum Gasteiger partial charge on any atom is 0.416 e. The SMILES string of the molecule is CC(C)C(CCO)NC(=O)NCc1cccc(C(F)(F)F)c1. The van der Waals surface area contributed by atoms with Crippen LogP contribution in [0.25, 0.3) is 0 Å². The maximum absolute atomic E-state index is 12.6. The van der Waals surface area contributed by atoms with Crippen molar-refractivity contribution in [2.45, 2.75) is 39.0 Å². The highest BCUT2D eigenvalue weighted by atomic mass is 19.4. The van der Waals surface area contributed by atoms with Crippen LogP contribution >= 0.6 is 0 Å². The number of aliphatic hydroxyl groups excluding tert-OH is 1. The number of alkyl halides is 3. The molecule has 7 heteroatoms. The molecule has 0 fully saturated rings. The topological polar surface area (TPSA) is 61.4 Å². The summed E-state index contributed by atoms with van der Waals surface area (Å²) in [7, 11) is 0. The summed E-state index contributed by atoms with van der Waals surface area (Å²) in [6, 6.07) is 4.16. The normalized spacial score (nSPS) is 13.0. The van der Waals surface area contributed by atoms with Crippen molar-refractivity contribution >= 4 is 6.03 Å². The first-order chi connectivity index (χ1) is 10.2. The summed E-state index contributed by atoms with van der Waals surface area (Å²) < 4.78 is 37.8. The molecule has 0 heterocycles. The fourth-order valence-electron chi connectivity index (χ4n) is 1.97. The van der Waals surface area contributed by atoms with Crippen molar-refractivity contribution in [2.24, 2.45) is 5.92 Å². The number of rotatable bonds is 6. The van der Waals surface area contributed by atoms with E-state index in [1.807, 2.05) is 13.8 Å². The summed E-state index contributed by atoms with van der Waals surface area (Å²) >= 11 is 0. The largest absolute Gasteiger partial charge is 0.416 e. The van der Waals surface area contributed by atoms with Crippen LogP contribution in [-0.4, -0.2) is 23.8 Å². The van der Waals surface area contributed by atoms with E-state index >= 15 is 0 Å². The van der Waals surface area contributed by atoms with Crippen molar-refractivity contribution in [1.82, 2.24) is 10.6 Å². The third-order valence-corrected chi connectivity index (χ3v) is 3.27. The van der Waals surface area contributed by atoms with Crippen molar-refractivity contribution in [3.63, 3.8) is 0 Å². The summed E-state index contributed by atoms with van der Waals surface area (Å²) in [6.07, 6.45) is -3.98. The van der Waals surface area contributed by atoms with E-state index in [1.54, 1.807) is 0 Å². The zero-order chi connectivity index (χ0) is 16.8. The average molecular weight is 318 g/mol. The van der Waals surface area contributed by atoms with Gasteiger partial charge in [0.1, 0.15) is 0 Å². The molecule has 0 aliphatic heterocycles. The fourth-order valence-corrected chi connectivity index (χ4v) is 1.97. The molecule has 2 amide bonds. The van der Waals surface area contributed by atoms with Crippen molar-refractivity contribution in [3.05, 3.63) is 35.4 Å². The van der Waals surface area contributed by atoms with Crippen LogP contribution in [0.3, 0.4) is 0 Å². The second kappa shape index (κ2) is 8.03. The number of carbonyl (C=O) groups is 1. The molecule has 4 nitrogen and oxygen atoms in total. The Morgan fingerprint density at radius 2 is 2.00 bits per heavy atom. The van der Waals surface area contributed by atoms with Gasteiger partial charge >= 0.3 is 12.2 Å². The molecule has 0 aliphatic rings. The van der Waals surface area contributed by atoms with Crippen LogP contribution in [0.1, 0.15) is 31.4 Å². The molecule has 0 aromatic heterocycles. The van der Waals surface area contributed by atoms with Crippen molar-refractivity contribution < 1.29 is 23.1 Å². The smallest absolute Gasteiger partial charge is 0.396 e. The number of halogens is 3. The maximum atomic E-state index is 12.6. The molecule has 0 bridgehead atoms. The minimum atomic E-state index is -4.40. The summed E-state index contributed by atoms with van der Waals surface area (Å²) in [5.41, 5.74) is -0.374. The summed E-state index contributed by atoms with van der Waals surface area (Å²) in [5, 5.41) is 14.2. The molecule has 3 N–H and O–H groups in total. The lowest BCUT2D eigenvalue weighted by molar-refractivity contribution is -0.137. The number of hydrogen-bond donors (Lipinski definition) is 3. The van der Waals surface area contributed by atoms with Gasteiger partial charge in [-0.25, -0.2) is 4.79 Å². The van der Waals surface area contributed by atoms with Gasteiger partial charge < -0.3 is 15.7 Å². The van der Waals surface area contributed by atoms with Crippen LogP contribution in [0.4, 0.5) is 18.0 Å². The van der Waals surface area contributed by atoms with E-state index in [2.05, 4.69) is 10.6 Å². The second-order valence-corrected chi connectivity index (χ2v) is 5.39. The highest BCUT2D eigenvalue weighted by Gasteiger charge is 2.30. The van der Waals surface area contributed by atoms with Gasteiger partial charge in [0.2, 0.25) is 0 Å². The van der Waals surface area contributed by atoms with Gasteiger partial charge in [-0.3, -0.25) is 0 Å². The standard InChI is InChI=1S/C15H21F3N2O2/c1-10(2)13(6-7-21)20-14(22)19-9-11-4-3-5-12(8-11)15(16,17)18/h3-5,8,10,13,21H,6-7,9H2,1-2H3,(H2,19,20,22). The molecule has 0 saturated heterocycles. The molecule has 1 atom stereocenters. The van der Waals surface area contributed by atoms with Gasteiger partial charge in [-0.15, -0.1) is 0 Å². The Kier molecular flexibility index (Phi) is 6.67. The predicted molar refractivity (Wildman–Crippen MR) is 77.1 cm³/mol. The number of carbonyl (C=O) groups excluding carboxylic acids is 1. The number of amides is 2. The molecule has 124 valence electrons. The second-order valence-electron chi connectivity index (χ2n) is 5.39. The number of nitrogens with one attached hydrogen (secondary N) is 2. The molecule has 0 saturated carbocycles. The minimum absolute atomic E-state index is 0.000304. The van der Waals surface area contributed by atoms with E-state index in [1.165, 1.54) is 12.1 Å². The Bertz CT molecular complexity index is 490. The first kappa shape index (κ1) is 18.3. The Balaban J connectivity index is 2.57. The van der Waals surface area contributed by atoms with Crippen molar-refractivity contribution in [2.75, 3.05) is 6.61 Å². The van der Waals surface area contributed by atoms with Crippen LogP contribution in [0, 0.1) is 5.92 Å². The van der Waals surface area contributed by atoms with E-state index in [-0.39, 0.29) is 25.1 Å². The molecule has 1 aromatic carbocycles. The summed E-state index contributed by atoms with van der Waals surface area (Å²) in [6.45, 7) is 3.78. The lowest BCUT2D eigenvalue weighted by Gasteiger charge is -2.21. The third kappa shape index (κ3) is 5.93. The predicted octanol–water partition coefficient (Wildman–Crippen LogP) is 2.91. The van der Waals surface area contributed by atoms with Gasteiger partial charge in [0.15, 0.2) is 0 Å². The van der Waals surface area contributed by atoms with Gasteiger partial charge in [0.05, 0.1) is 5.56 Å². The number of hydrogen-bond acceptors (Lipinski definition) is 2. The lowest BCUT2D eigenvalue weighted by Crippen LogP contribution is -2.44. The number of benzene rings is 1. The highest BCUT2D eigenvalue weighted by Crippen LogP contribution is 2.29. The van der Waals surface area contributed by atoms with Gasteiger partial charge in [-0.05, 0) is 30.0 Å². The Hall–Kier alpha value is -1.76. The van der Waals surface area contributed by atoms with E-state index in [4.69, 9.17) is 5.11 Å². The highest BCUT2D eigenvalue weighted by molar-refractivity contribution is 5.74. The van der Waals surface area contributed by atoms with Crippen LogP contribution in [0.2, 0.25) is 0 Å². The van der Waals surface area contributed by atoms with Crippen LogP contribution in [-0.2, 0) is 12.7 Å².